The van der Waals surface area contributed by atoms with Crippen LogP contribution in [0.25, 0.3) is 11.0 Å². The number of nitrogens with zero attached hydrogens (tertiary/aromatic N) is 4. The van der Waals surface area contributed by atoms with Gasteiger partial charge in [0.1, 0.15) is 5.60 Å². The smallest absolute Gasteiger partial charge is 0.410 e. The van der Waals surface area contributed by atoms with Crippen LogP contribution in [0.5, 0.6) is 0 Å². The van der Waals surface area contributed by atoms with Crippen molar-refractivity contribution in [3.63, 3.8) is 0 Å². The van der Waals surface area contributed by atoms with Crippen LogP contribution in [-0.4, -0.2) is 52.3 Å². The molecule has 1 aliphatic heterocycles. The van der Waals surface area contributed by atoms with E-state index in [0.717, 1.165) is 53.9 Å². The number of benzene rings is 2. The monoisotopic (exact) mass is 498 g/mol. The van der Waals surface area contributed by atoms with Gasteiger partial charge in [-0.1, -0.05) is 40.2 Å². The van der Waals surface area contributed by atoms with E-state index in [9.17, 15) is 4.79 Å². The number of hydrogen-bond acceptors (Lipinski definition) is 4. The summed E-state index contributed by atoms with van der Waals surface area (Å²) < 4.78 is 8.95. The molecule has 170 valence electrons. The second-order valence-electron chi connectivity index (χ2n) is 9.45. The molecule has 1 amide bonds. The summed E-state index contributed by atoms with van der Waals surface area (Å²) in [6.07, 6.45) is 1.69. The first-order valence-corrected chi connectivity index (χ1v) is 11.9. The quantitative estimate of drug-likeness (QED) is 0.463. The summed E-state index contributed by atoms with van der Waals surface area (Å²) in [5, 5.41) is 0. The first kappa shape index (κ1) is 22.6. The van der Waals surface area contributed by atoms with E-state index in [1.807, 2.05) is 33.9 Å². The third-order valence-electron chi connectivity index (χ3n) is 5.80. The second-order valence-corrected chi connectivity index (χ2v) is 10.4. The van der Waals surface area contributed by atoms with Crippen molar-refractivity contribution in [1.82, 2.24) is 14.5 Å². The van der Waals surface area contributed by atoms with Crippen molar-refractivity contribution in [1.29, 1.82) is 0 Å². The van der Waals surface area contributed by atoms with Crippen LogP contribution in [0.3, 0.4) is 0 Å². The summed E-state index contributed by atoms with van der Waals surface area (Å²) in [4.78, 5) is 21.7. The molecule has 0 aliphatic carbocycles. The molecule has 7 heteroatoms. The number of amides is 1. The molecule has 0 N–H and O–H groups in total. The van der Waals surface area contributed by atoms with Crippen molar-refractivity contribution in [3.05, 3.63) is 58.6 Å². The van der Waals surface area contributed by atoms with Crippen LogP contribution in [0.15, 0.2) is 53.0 Å². The van der Waals surface area contributed by atoms with Gasteiger partial charge in [0.15, 0.2) is 0 Å². The van der Waals surface area contributed by atoms with Crippen molar-refractivity contribution in [2.75, 3.05) is 25.0 Å². The van der Waals surface area contributed by atoms with Crippen LogP contribution in [-0.2, 0) is 11.3 Å². The fraction of sp³-hybridized carbons (Fsp3) is 0.440. The molecule has 1 atom stereocenters. The van der Waals surface area contributed by atoms with Gasteiger partial charge in [-0.3, -0.25) is 0 Å². The van der Waals surface area contributed by atoms with E-state index in [4.69, 9.17) is 9.72 Å². The van der Waals surface area contributed by atoms with E-state index in [2.05, 4.69) is 67.9 Å². The predicted molar refractivity (Wildman–Crippen MR) is 132 cm³/mol. The maximum atomic E-state index is 12.6. The number of aromatic nitrogens is 2. The zero-order valence-corrected chi connectivity index (χ0v) is 20.8. The van der Waals surface area contributed by atoms with Crippen LogP contribution in [0.1, 0.15) is 39.2 Å². The highest BCUT2D eigenvalue weighted by atomic mass is 79.9. The molecule has 0 saturated carbocycles. The molecular weight excluding hydrogens is 468 g/mol. The summed E-state index contributed by atoms with van der Waals surface area (Å²) in [6, 6.07) is 16.8. The molecule has 2 heterocycles. The molecule has 6 nitrogen and oxygen atoms in total. The SMILES string of the molecule is CN(C(=O)OC(C)(C)C)[C@H]1CCCN(c2nc3ccccc3n2Cc2ccc(Br)cc2)C1. The van der Waals surface area contributed by atoms with Gasteiger partial charge in [0.2, 0.25) is 5.95 Å². The average molecular weight is 499 g/mol. The highest BCUT2D eigenvalue weighted by Crippen LogP contribution is 2.28. The Morgan fingerprint density at radius 1 is 1.19 bits per heavy atom. The minimum Gasteiger partial charge on any atom is -0.444 e. The number of carbonyl (C=O) groups is 1. The van der Waals surface area contributed by atoms with Gasteiger partial charge in [0.05, 0.1) is 23.6 Å². The lowest BCUT2D eigenvalue weighted by Gasteiger charge is -2.38. The Morgan fingerprint density at radius 2 is 1.91 bits per heavy atom. The van der Waals surface area contributed by atoms with Crippen molar-refractivity contribution in [2.45, 2.75) is 51.8 Å². The Labute approximate surface area is 198 Å². The van der Waals surface area contributed by atoms with Gasteiger partial charge in [-0.2, -0.15) is 0 Å². The molecule has 32 heavy (non-hydrogen) atoms. The van der Waals surface area contributed by atoms with Crippen molar-refractivity contribution in [2.24, 2.45) is 0 Å². The Hall–Kier alpha value is -2.54. The topological polar surface area (TPSA) is 50.6 Å². The van der Waals surface area contributed by atoms with E-state index in [-0.39, 0.29) is 12.1 Å². The zero-order chi connectivity index (χ0) is 22.9. The predicted octanol–water partition coefficient (Wildman–Crippen LogP) is 5.68. The number of rotatable bonds is 4. The van der Waals surface area contributed by atoms with Crippen molar-refractivity contribution < 1.29 is 9.53 Å². The number of hydrogen-bond donors (Lipinski definition) is 0. The Kier molecular flexibility index (Phi) is 6.47. The number of para-hydroxylation sites is 2. The number of imidazole rings is 1. The zero-order valence-electron chi connectivity index (χ0n) is 19.2. The van der Waals surface area contributed by atoms with Gasteiger partial charge >= 0.3 is 6.09 Å². The molecule has 1 aliphatic rings. The van der Waals surface area contributed by atoms with Crippen LogP contribution in [0, 0.1) is 0 Å². The maximum absolute atomic E-state index is 12.6. The number of fused-ring (bicyclic) bond motifs is 1. The summed E-state index contributed by atoms with van der Waals surface area (Å²) in [7, 11) is 1.84. The minimum absolute atomic E-state index is 0.0829. The number of anilines is 1. The van der Waals surface area contributed by atoms with Gasteiger partial charge in [-0.15, -0.1) is 0 Å². The van der Waals surface area contributed by atoms with Crippen LogP contribution < -0.4 is 4.90 Å². The Balaban J connectivity index is 1.61. The number of likely N-dealkylation sites (N-methyl/N-ethyl adjacent to an activating group) is 1. The lowest BCUT2D eigenvalue weighted by atomic mass is 10.1. The molecule has 4 rings (SSSR count). The summed E-state index contributed by atoms with van der Waals surface area (Å²) >= 11 is 3.52. The number of halogens is 1. The van der Waals surface area contributed by atoms with Crippen LogP contribution >= 0.6 is 15.9 Å². The molecule has 1 fully saturated rings. The van der Waals surface area contributed by atoms with Gasteiger partial charge < -0.3 is 19.1 Å². The van der Waals surface area contributed by atoms with E-state index in [1.165, 1.54) is 5.56 Å². The molecular formula is C25H31BrN4O2. The number of piperidine rings is 1. The molecule has 0 radical (unpaired) electrons. The van der Waals surface area contributed by atoms with E-state index in [1.54, 1.807) is 4.90 Å². The molecule has 0 spiro atoms. The lowest BCUT2D eigenvalue weighted by molar-refractivity contribution is 0.0209. The summed E-state index contributed by atoms with van der Waals surface area (Å²) in [6.45, 7) is 8.09. The maximum Gasteiger partial charge on any atom is 0.410 e. The normalized spacial score (nSPS) is 16.9. The molecule has 1 saturated heterocycles. The highest BCUT2D eigenvalue weighted by Gasteiger charge is 2.31. The summed E-state index contributed by atoms with van der Waals surface area (Å²) in [5.41, 5.74) is 2.82. The molecule has 1 aromatic heterocycles. The van der Waals surface area contributed by atoms with Gasteiger partial charge in [0, 0.05) is 24.6 Å². The van der Waals surface area contributed by atoms with Crippen LogP contribution in [0.4, 0.5) is 10.7 Å². The van der Waals surface area contributed by atoms with Gasteiger partial charge in [-0.25, -0.2) is 9.78 Å². The average Bonchev–Trinajstić information content (AvgIpc) is 3.12. The van der Waals surface area contributed by atoms with Gasteiger partial charge in [-0.05, 0) is 63.4 Å². The lowest BCUT2D eigenvalue weighted by Crippen LogP contribution is -2.50. The summed E-state index contributed by atoms with van der Waals surface area (Å²) in [5.74, 6) is 0.955. The molecule has 0 unspecified atom stereocenters. The van der Waals surface area contributed by atoms with E-state index in [0.29, 0.717) is 0 Å². The second kappa shape index (κ2) is 9.14. The van der Waals surface area contributed by atoms with Crippen LogP contribution in [0.2, 0.25) is 0 Å². The fourth-order valence-corrected chi connectivity index (χ4v) is 4.43. The standard InChI is InChI=1S/C25H31BrN4O2/c1-25(2,3)32-24(31)28(4)20-8-7-15-29(17-20)23-27-21-9-5-6-10-22(21)30(23)16-18-11-13-19(26)14-12-18/h5-6,9-14,20H,7-8,15-17H2,1-4H3/t20-/m0/s1. The number of carbonyl (C=O) groups excluding carboxylic acids is 1. The fourth-order valence-electron chi connectivity index (χ4n) is 4.17. The van der Waals surface area contributed by atoms with E-state index < -0.39 is 5.60 Å². The van der Waals surface area contributed by atoms with E-state index >= 15 is 0 Å². The third-order valence-corrected chi connectivity index (χ3v) is 6.33. The largest absolute Gasteiger partial charge is 0.444 e. The van der Waals surface area contributed by atoms with Gasteiger partial charge in [0.25, 0.3) is 0 Å². The Morgan fingerprint density at radius 3 is 2.62 bits per heavy atom. The Bertz CT molecular complexity index is 1090. The highest BCUT2D eigenvalue weighted by molar-refractivity contribution is 9.10. The molecule has 2 aromatic carbocycles. The number of ether oxygens (including phenoxy) is 1. The molecule has 0 bridgehead atoms. The third kappa shape index (κ3) is 5.09. The van der Waals surface area contributed by atoms with Crippen molar-refractivity contribution >= 4 is 39.0 Å². The van der Waals surface area contributed by atoms with Crippen molar-refractivity contribution in [3.8, 4) is 0 Å². The minimum atomic E-state index is -0.502. The first-order valence-electron chi connectivity index (χ1n) is 11.1. The first-order chi connectivity index (χ1) is 15.2. The molecule has 3 aromatic rings.